The number of nitrogens with one attached hydrogen (secondary N) is 1. The normalized spacial score (nSPS) is 11.2. The van der Waals surface area contributed by atoms with Crippen molar-refractivity contribution in [2.45, 2.75) is 13.5 Å². The third-order valence-electron chi connectivity index (χ3n) is 5.38. The minimum atomic E-state index is -0.461. The predicted octanol–water partition coefficient (Wildman–Crippen LogP) is 4.74. The van der Waals surface area contributed by atoms with Crippen LogP contribution in [0.25, 0.3) is 27.9 Å². The van der Waals surface area contributed by atoms with Gasteiger partial charge in [-0.05, 0) is 18.6 Å². The number of ether oxygens (including phenoxy) is 1. The molecule has 0 saturated carbocycles. The number of esters is 1. The minimum Gasteiger partial charge on any atom is -0.462 e. The minimum absolute atomic E-state index is 0.267. The molecule has 4 aromatic heterocycles. The van der Waals surface area contributed by atoms with Gasteiger partial charge in [0.1, 0.15) is 17.0 Å². The van der Waals surface area contributed by atoms with Crippen molar-refractivity contribution in [2.75, 3.05) is 18.6 Å². The van der Waals surface area contributed by atoms with Crippen molar-refractivity contribution in [3.63, 3.8) is 0 Å². The quantitative estimate of drug-likeness (QED) is 0.368. The molecular weight excluding hydrogens is 440 g/mol. The van der Waals surface area contributed by atoms with Crippen molar-refractivity contribution in [3.8, 4) is 11.3 Å². The highest BCUT2D eigenvalue weighted by Crippen LogP contribution is 2.32. The molecular formula is C24H21ClN6O2. The third-order valence-corrected chi connectivity index (χ3v) is 5.58. The molecule has 5 aromatic rings. The average Bonchev–Trinajstić information content (AvgIpc) is 3.43. The van der Waals surface area contributed by atoms with Crippen LogP contribution in [0.15, 0.2) is 61.1 Å². The Morgan fingerprint density at radius 1 is 1.21 bits per heavy atom. The fraction of sp³-hybridized carbons (Fsp3) is 0.167. The molecule has 5 rings (SSSR count). The molecule has 0 aliphatic heterocycles. The van der Waals surface area contributed by atoms with E-state index in [0.29, 0.717) is 34.1 Å². The number of rotatable bonds is 6. The van der Waals surface area contributed by atoms with Gasteiger partial charge in [0.25, 0.3) is 0 Å². The topological polar surface area (TPSA) is 88.4 Å². The van der Waals surface area contributed by atoms with E-state index in [1.807, 2.05) is 43.6 Å². The molecule has 166 valence electrons. The van der Waals surface area contributed by atoms with Crippen LogP contribution in [0.1, 0.15) is 22.8 Å². The molecule has 0 unspecified atom stereocenters. The van der Waals surface area contributed by atoms with Crippen molar-refractivity contribution in [2.24, 2.45) is 0 Å². The lowest BCUT2D eigenvalue weighted by Gasteiger charge is -2.21. The fourth-order valence-corrected chi connectivity index (χ4v) is 4.00. The first-order valence-corrected chi connectivity index (χ1v) is 10.9. The van der Waals surface area contributed by atoms with Gasteiger partial charge in [-0.25, -0.2) is 14.8 Å². The molecule has 0 radical (unpaired) electrons. The van der Waals surface area contributed by atoms with E-state index in [9.17, 15) is 4.79 Å². The van der Waals surface area contributed by atoms with Gasteiger partial charge >= 0.3 is 5.97 Å². The Balaban J connectivity index is 1.69. The second-order valence-electron chi connectivity index (χ2n) is 7.61. The number of carbonyl (C=O) groups excluding carboxylic acids is 1. The van der Waals surface area contributed by atoms with Crippen LogP contribution in [0, 0.1) is 0 Å². The van der Waals surface area contributed by atoms with E-state index in [2.05, 4.69) is 32.1 Å². The average molecular weight is 461 g/mol. The lowest BCUT2D eigenvalue weighted by atomic mass is 10.1. The van der Waals surface area contributed by atoms with Crippen molar-refractivity contribution in [1.82, 2.24) is 24.6 Å². The Kier molecular flexibility index (Phi) is 5.43. The molecule has 0 saturated heterocycles. The van der Waals surface area contributed by atoms with Crippen molar-refractivity contribution < 1.29 is 9.53 Å². The lowest BCUT2D eigenvalue weighted by Crippen LogP contribution is -2.20. The SMILES string of the molecule is CCOC(=O)c1cnn2c(N(C)Cc3ccccc3)cc(-c3c[nH]c4ncc(Cl)cc34)nc12. The summed E-state index contributed by atoms with van der Waals surface area (Å²) in [5.41, 5.74) is 4.07. The molecule has 1 N–H and O–H groups in total. The van der Waals surface area contributed by atoms with Gasteiger partial charge in [0.2, 0.25) is 0 Å². The first-order valence-electron chi connectivity index (χ1n) is 10.5. The number of carbonyl (C=O) groups is 1. The van der Waals surface area contributed by atoms with Gasteiger partial charge in [-0.15, -0.1) is 0 Å². The maximum atomic E-state index is 12.6. The molecule has 0 bridgehead atoms. The van der Waals surface area contributed by atoms with E-state index < -0.39 is 5.97 Å². The Morgan fingerprint density at radius 3 is 2.82 bits per heavy atom. The first-order chi connectivity index (χ1) is 16.0. The number of nitrogens with zero attached hydrogens (tertiary/aromatic N) is 5. The van der Waals surface area contributed by atoms with Crippen molar-refractivity contribution >= 4 is 40.1 Å². The molecule has 0 spiro atoms. The Bertz CT molecular complexity index is 1460. The summed E-state index contributed by atoms with van der Waals surface area (Å²) in [5, 5.41) is 5.82. The molecule has 0 amide bonds. The summed E-state index contributed by atoms with van der Waals surface area (Å²) < 4.78 is 6.89. The summed E-state index contributed by atoms with van der Waals surface area (Å²) in [6, 6.07) is 13.9. The summed E-state index contributed by atoms with van der Waals surface area (Å²) in [4.78, 5) is 27.0. The molecule has 0 aliphatic carbocycles. The van der Waals surface area contributed by atoms with Gasteiger partial charge in [-0.2, -0.15) is 9.61 Å². The second-order valence-corrected chi connectivity index (χ2v) is 8.04. The van der Waals surface area contributed by atoms with Crippen LogP contribution in [0.4, 0.5) is 5.82 Å². The summed E-state index contributed by atoms with van der Waals surface area (Å²) in [5.74, 6) is 0.316. The number of anilines is 1. The summed E-state index contributed by atoms with van der Waals surface area (Å²) in [7, 11) is 1.98. The Hall–Kier alpha value is -3.91. The van der Waals surface area contributed by atoms with Crippen LogP contribution in [0.5, 0.6) is 0 Å². The molecule has 9 heteroatoms. The molecule has 8 nitrogen and oxygen atoms in total. The number of H-pyrrole nitrogens is 1. The van der Waals surface area contributed by atoms with E-state index in [0.717, 1.165) is 22.3 Å². The van der Waals surface area contributed by atoms with Crippen molar-refractivity contribution in [3.05, 3.63) is 77.2 Å². The van der Waals surface area contributed by atoms with Crippen LogP contribution in [-0.4, -0.2) is 44.2 Å². The first kappa shape index (κ1) is 21.0. The fourth-order valence-electron chi connectivity index (χ4n) is 3.84. The van der Waals surface area contributed by atoms with E-state index in [4.69, 9.17) is 21.3 Å². The smallest absolute Gasteiger partial charge is 0.343 e. The number of benzene rings is 1. The van der Waals surface area contributed by atoms with Gasteiger partial charge in [-0.3, -0.25) is 0 Å². The zero-order valence-electron chi connectivity index (χ0n) is 18.1. The zero-order chi connectivity index (χ0) is 22.9. The Morgan fingerprint density at radius 2 is 2.03 bits per heavy atom. The molecule has 0 aliphatic rings. The van der Waals surface area contributed by atoms with E-state index >= 15 is 0 Å². The highest BCUT2D eigenvalue weighted by atomic mass is 35.5. The number of halogens is 1. The van der Waals surface area contributed by atoms with Crippen LogP contribution in [-0.2, 0) is 11.3 Å². The monoisotopic (exact) mass is 460 g/mol. The molecule has 0 atom stereocenters. The maximum Gasteiger partial charge on any atom is 0.343 e. The third kappa shape index (κ3) is 3.89. The van der Waals surface area contributed by atoms with Gasteiger partial charge < -0.3 is 14.6 Å². The van der Waals surface area contributed by atoms with Crippen LogP contribution in [0.2, 0.25) is 5.02 Å². The number of aromatic amines is 1. The highest BCUT2D eigenvalue weighted by Gasteiger charge is 2.21. The molecule has 0 fully saturated rings. The number of fused-ring (bicyclic) bond motifs is 2. The number of pyridine rings is 1. The van der Waals surface area contributed by atoms with Crippen LogP contribution < -0.4 is 4.90 Å². The summed E-state index contributed by atoms with van der Waals surface area (Å²) >= 11 is 6.21. The van der Waals surface area contributed by atoms with Crippen LogP contribution >= 0.6 is 11.6 Å². The Labute approximate surface area is 194 Å². The van der Waals surface area contributed by atoms with Gasteiger partial charge in [0, 0.05) is 43.0 Å². The summed E-state index contributed by atoms with van der Waals surface area (Å²) in [6.45, 7) is 2.68. The number of hydrogen-bond acceptors (Lipinski definition) is 6. The van der Waals surface area contributed by atoms with Crippen molar-refractivity contribution in [1.29, 1.82) is 0 Å². The molecule has 1 aromatic carbocycles. The van der Waals surface area contributed by atoms with Gasteiger partial charge in [0.15, 0.2) is 5.65 Å². The maximum absolute atomic E-state index is 12.6. The van der Waals surface area contributed by atoms with E-state index in [-0.39, 0.29) is 6.61 Å². The molecule has 4 heterocycles. The predicted molar refractivity (Wildman–Crippen MR) is 128 cm³/mol. The summed E-state index contributed by atoms with van der Waals surface area (Å²) in [6.07, 6.45) is 4.93. The second kappa shape index (κ2) is 8.55. The zero-order valence-corrected chi connectivity index (χ0v) is 18.9. The largest absolute Gasteiger partial charge is 0.462 e. The standard InChI is InChI=1S/C24H21ClN6O2/c1-3-33-24(32)19-13-28-31-21(30(2)14-15-7-5-4-6-8-15)10-20(29-23(19)31)18-12-27-22-17(18)9-16(25)11-26-22/h4-13H,3,14H2,1-2H3,(H,26,27). The van der Waals surface area contributed by atoms with Gasteiger partial charge in [0.05, 0.1) is 23.5 Å². The van der Waals surface area contributed by atoms with E-state index in [1.165, 1.54) is 6.20 Å². The van der Waals surface area contributed by atoms with Gasteiger partial charge in [-0.1, -0.05) is 41.9 Å². The number of hydrogen-bond donors (Lipinski definition) is 1. The molecule has 33 heavy (non-hydrogen) atoms. The van der Waals surface area contributed by atoms with E-state index in [1.54, 1.807) is 17.6 Å². The van der Waals surface area contributed by atoms with Crippen LogP contribution in [0.3, 0.4) is 0 Å². The highest BCUT2D eigenvalue weighted by molar-refractivity contribution is 6.31. The number of aromatic nitrogens is 5. The lowest BCUT2D eigenvalue weighted by molar-refractivity contribution is 0.0528.